The van der Waals surface area contributed by atoms with Crippen LogP contribution in [-0.4, -0.2) is 19.2 Å². The minimum absolute atomic E-state index is 0.143. The molecule has 80 valence electrons. The van der Waals surface area contributed by atoms with Gasteiger partial charge in [-0.3, -0.25) is 0 Å². The second-order valence-electron chi connectivity index (χ2n) is 3.05. The van der Waals surface area contributed by atoms with Gasteiger partial charge in [0.1, 0.15) is 17.4 Å². The number of carbonyl (C=O) groups excluding carboxylic acids is 1. The molecular weight excluding hydrogens is 192 g/mol. The molecule has 0 spiro atoms. The standard InChI is InChI=1S/C12H14O3/c1-4-9(2)15-11-8-6-5-7-10(11)12(13)14-3/h4-9H,1H2,2-3H3. The Bertz CT molecular complexity index is 358. The number of esters is 1. The Balaban J connectivity index is 2.95. The molecule has 3 heteroatoms. The molecule has 0 fully saturated rings. The molecule has 1 unspecified atom stereocenters. The smallest absolute Gasteiger partial charge is 0.341 e. The van der Waals surface area contributed by atoms with Gasteiger partial charge in [-0.2, -0.15) is 0 Å². The van der Waals surface area contributed by atoms with E-state index in [4.69, 9.17) is 4.74 Å². The predicted molar refractivity (Wildman–Crippen MR) is 58.1 cm³/mol. The highest BCUT2D eigenvalue weighted by molar-refractivity contribution is 5.92. The first-order valence-electron chi connectivity index (χ1n) is 4.65. The number of carbonyl (C=O) groups is 1. The van der Waals surface area contributed by atoms with E-state index in [1.807, 2.05) is 6.92 Å². The Morgan fingerprint density at radius 1 is 1.47 bits per heavy atom. The quantitative estimate of drug-likeness (QED) is 0.560. The zero-order chi connectivity index (χ0) is 11.3. The maximum atomic E-state index is 11.4. The summed E-state index contributed by atoms with van der Waals surface area (Å²) in [7, 11) is 1.34. The average molecular weight is 206 g/mol. The summed E-state index contributed by atoms with van der Waals surface area (Å²) in [4.78, 5) is 11.4. The molecule has 0 saturated carbocycles. The van der Waals surface area contributed by atoms with E-state index in [2.05, 4.69) is 11.3 Å². The minimum atomic E-state index is -0.401. The molecule has 15 heavy (non-hydrogen) atoms. The Morgan fingerprint density at radius 3 is 2.73 bits per heavy atom. The fraction of sp³-hybridized carbons (Fsp3) is 0.250. The zero-order valence-electron chi connectivity index (χ0n) is 8.90. The van der Waals surface area contributed by atoms with Crippen molar-refractivity contribution in [3.8, 4) is 5.75 Å². The maximum Gasteiger partial charge on any atom is 0.341 e. The van der Waals surface area contributed by atoms with Crippen LogP contribution in [0.1, 0.15) is 17.3 Å². The van der Waals surface area contributed by atoms with Crippen molar-refractivity contribution in [2.75, 3.05) is 7.11 Å². The SMILES string of the molecule is C=CC(C)Oc1ccccc1C(=O)OC. The lowest BCUT2D eigenvalue weighted by Gasteiger charge is -2.13. The van der Waals surface area contributed by atoms with Crippen molar-refractivity contribution in [1.29, 1.82) is 0 Å². The number of hydrogen-bond donors (Lipinski definition) is 0. The molecular formula is C12H14O3. The van der Waals surface area contributed by atoms with Crippen LogP contribution in [0.2, 0.25) is 0 Å². The second-order valence-corrected chi connectivity index (χ2v) is 3.05. The van der Waals surface area contributed by atoms with Crippen LogP contribution in [0.4, 0.5) is 0 Å². The van der Waals surface area contributed by atoms with Gasteiger partial charge in [0, 0.05) is 0 Å². The van der Waals surface area contributed by atoms with Gasteiger partial charge in [0.2, 0.25) is 0 Å². The van der Waals surface area contributed by atoms with Crippen LogP contribution in [0.15, 0.2) is 36.9 Å². The third-order valence-corrected chi connectivity index (χ3v) is 1.94. The van der Waals surface area contributed by atoms with E-state index >= 15 is 0 Å². The molecule has 1 atom stereocenters. The molecule has 0 amide bonds. The molecule has 0 N–H and O–H groups in total. The number of benzene rings is 1. The molecule has 0 aliphatic carbocycles. The van der Waals surface area contributed by atoms with Gasteiger partial charge >= 0.3 is 5.97 Å². The second kappa shape index (κ2) is 5.20. The zero-order valence-corrected chi connectivity index (χ0v) is 8.90. The van der Waals surface area contributed by atoms with E-state index < -0.39 is 5.97 Å². The number of methoxy groups -OCH3 is 1. The predicted octanol–water partition coefficient (Wildman–Crippen LogP) is 2.43. The first kappa shape index (κ1) is 11.3. The summed E-state index contributed by atoms with van der Waals surface area (Å²) in [5, 5.41) is 0. The summed E-state index contributed by atoms with van der Waals surface area (Å²) in [6, 6.07) is 6.96. The summed E-state index contributed by atoms with van der Waals surface area (Å²) in [5.41, 5.74) is 0.425. The highest BCUT2D eigenvalue weighted by Crippen LogP contribution is 2.20. The van der Waals surface area contributed by atoms with Gasteiger partial charge < -0.3 is 9.47 Å². The Kier molecular flexibility index (Phi) is 3.92. The third-order valence-electron chi connectivity index (χ3n) is 1.94. The van der Waals surface area contributed by atoms with Gasteiger partial charge in [-0.25, -0.2) is 4.79 Å². The number of ether oxygens (including phenoxy) is 2. The van der Waals surface area contributed by atoms with Crippen LogP contribution in [0, 0.1) is 0 Å². The molecule has 0 saturated heterocycles. The fourth-order valence-corrected chi connectivity index (χ4v) is 1.10. The topological polar surface area (TPSA) is 35.5 Å². The lowest BCUT2D eigenvalue weighted by molar-refractivity contribution is 0.0595. The first-order chi connectivity index (χ1) is 7.19. The highest BCUT2D eigenvalue weighted by atomic mass is 16.5. The van der Waals surface area contributed by atoms with Gasteiger partial charge in [0.25, 0.3) is 0 Å². The monoisotopic (exact) mass is 206 g/mol. The Hall–Kier alpha value is -1.77. The molecule has 0 radical (unpaired) electrons. The van der Waals surface area contributed by atoms with E-state index in [0.717, 1.165) is 0 Å². The molecule has 0 bridgehead atoms. The van der Waals surface area contributed by atoms with Crippen molar-refractivity contribution in [3.63, 3.8) is 0 Å². The molecule has 1 aromatic rings. The van der Waals surface area contributed by atoms with E-state index in [0.29, 0.717) is 11.3 Å². The van der Waals surface area contributed by atoms with Crippen LogP contribution >= 0.6 is 0 Å². The van der Waals surface area contributed by atoms with Crippen LogP contribution in [0.5, 0.6) is 5.75 Å². The van der Waals surface area contributed by atoms with Gasteiger partial charge in [-0.05, 0) is 19.1 Å². The van der Waals surface area contributed by atoms with E-state index in [1.54, 1.807) is 30.3 Å². The van der Waals surface area contributed by atoms with Crippen molar-refractivity contribution < 1.29 is 14.3 Å². The van der Waals surface area contributed by atoms with Crippen LogP contribution in [0.3, 0.4) is 0 Å². The van der Waals surface area contributed by atoms with Crippen LogP contribution in [-0.2, 0) is 4.74 Å². The molecule has 3 nitrogen and oxygen atoms in total. The molecule has 0 aliphatic heterocycles. The largest absolute Gasteiger partial charge is 0.486 e. The minimum Gasteiger partial charge on any atom is -0.486 e. The lowest BCUT2D eigenvalue weighted by atomic mass is 10.2. The summed E-state index contributed by atoms with van der Waals surface area (Å²) >= 11 is 0. The summed E-state index contributed by atoms with van der Waals surface area (Å²) < 4.78 is 10.1. The van der Waals surface area contributed by atoms with E-state index in [-0.39, 0.29) is 6.10 Å². The highest BCUT2D eigenvalue weighted by Gasteiger charge is 2.12. The molecule has 0 aromatic heterocycles. The normalized spacial score (nSPS) is 11.6. The summed E-state index contributed by atoms with van der Waals surface area (Å²) in [6.45, 7) is 5.46. The van der Waals surface area contributed by atoms with Crippen molar-refractivity contribution in [2.24, 2.45) is 0 Å². The summed E-state index contributed by atoms with van der Waals surface area (Å²) in [5.74, 6) is 0.110. The maximum absolute atomic E-state index is 11.4. The molecule has 1 rings (SSSR count). The van der Waals surface area contributed by atoms with Crippen molar-refractivity contribution >= 4 is 5.97 Å². The van der Waals surface area contributed by atoms with Gasteiger partial charge in [-0.1, -0.05) is 24.8 Å². The Labute approximate surface area is 89.3 Å². The van der Waals surface area contributed by atoms with Crippen LogP contribution in [0.25, 0.3) is 0 Å². The fourth-order valence-electron chi connectivity index (χ4n) is 1.10. The van der Waals surface area contributed by atoms with E-state index in [9.17, 15) is 4.79 Å². The van der Waals surface area contributed by atoms with Gasteiger partial charge in [0.05, 0.1) is 7.11 Å². The molecule has 1 aromatic carbocycles. The average Bonchev–Trinajstić information content (AvgIpc) is 2.28. The first-order valence-corrected chi connectivity index (χ1v) is 4.65. The molecule has 0 heterocycles. The Morgan fingerprint density at radius 2 is 2.13 bits per heavy atom. The van der Waals surface area contributed by atoms with Crippen LogP contribution < -0.4 is 4.74 Å². The van der Waals surface area contributed by atoms with Gasteiger partial charge in [0.15, 0.2) is 0 Å². The third kappa shape index (κ3) is 2.84. The number of rotatable bonds is 4. The van der Waals surface area contributed by atoms with Gasteiger partial charge in [-0.15, -0.1) is 0 Å². The van der Waals surface area contributed by atoms with Crippen molar-refractivity contribution in [2.45, 2.75) is 13.0 Å². The lowest BCUT2D eigenvalue weighted by Crippen LogP contribution is -2.11. The summed E-state index contributed by atoms with van der Waals surface area (Å²) in [6.07, 6.45) is 1.52. The number of hydrogen-bond acceptors (Lipinski definition) is 3. The molecule has 0 aliphatic rings. The van der Waals surface area contributed by atoms with Crippen molar-refractivity contribution in [1.82, 2.24) is 0 Å². The van der Waals surface area contributed by atoms with Crippen molar-refractivity contribution in [3.05, 3.63) is 42.5 Å². The van der Waals surface area contributed by atoms with E-state index in [1.165, 1.54) is 7.11 Å². The number of para-hydroxylation sites is 1.